The standard InChI is InChI=1S/C10H15NS/c1-8-2-5-10(12-8)7-11-6-9-3-4-9/h2,5,9,11H,3-4,6-7H2,1H3. The Hall–Kier alpha value is -0.340. The normalized spacial score (nSPS) is 16.8. The number of hydrogen-bond donors (Lipinski definition) is 1. The molecule has 1 saturated carbocycles. The van der Waals surface area contributed by atoms with E-state index in [1.54, 1.807) is 0 Å². The van der Waals surface area contributed by atoms with Gasteiger partial charge in [0.05, 0.1) is 0 Å². The number of hydrogen-bond acceptors (Lipinski definition) is 2. The van der Waals surface area contributed by atoms with Crippen LogP contribution < -0.4 is 5.32 Å². The molecule has 2 rings (SSSR count). The van der Waals surface area contributed by atoms with Gasteiger partial charge < -0.3 is 5.32 Å². The molecular weight excluding hydrogens is 166 g/mol. The first kappa shape index (κ1) is 8.27. The fourth-order valence-electron chi connectivity index (χ4n) is 1.30. The third kappa shape index (κ3) is 2.32. The summed E-state index contributed by atoms with van der Waals surface area (Å²) in [5.74, 6) is 0.992. The van der Waals surface area contributed by atoms with Crippen LogP contribution in [0.15, 0.2) is 12.1 Å². The van der Waals surface area contributed by atoms with Gasteiger partial charge in [-0.25, -0.2) is 0 Å². The Morgan fingerprint density at radius 3 is 2.92 bits per heavy atom. The highest BCUT2D eigenvalue weighted by molar-refractivity contribution is 7.11. The van der Waals surface area contributed by atoms with Crippen molar-refractivity contribution in [3.05, 3.63) is 21.9 Å². The Morgan fingerprint density at radius 1 is 1.50 bits per heavy atom. The highest BCUT2D eigenvalue weighted by Crippen LogP contribution is 2.27. The van der Waals surface area contributed by atoms with Crippen LogP contribution in [-0.4, -0.2) is 6.54 Å². The fraction of sp³-hybridized carbons (Fsp3) is 0.600. The van der Waals surface area contributed by atoms with E-state index in [1.165, 1.54) is 29.1 Å². The van der Waals surface area contributed by atoms with Crippen LogP contribution in [0.25, 0.3) is 0 Å². The highest BCUT2D eigenvalue weighted by atomic mass is 32.1. The first-order valence-corrected chi connectivity index (χ1v) is 5.42. The summed E-state index contributed by atoms with van der Waals surface area (Å²) in [7, 11) is 0. The summed E-state index contributed by atoms with van der Waals surface area (Å²) in [6.45, 7) is 4.45. The minimum absolute atomic E-state index is 0.992. The van der Waals surface area contributed by atoms with Gasteiger partial charge in [0.2, 0.25) is 0 Å². The molecule has 66 valence electrons. The zero-order chi connectivity index (χ0) is 8.39. The summed E-state index contributed by atoms with van der Waals surface area (Å²) < 4.78 is 0. The maximum atomic E-state index is 3.49. The predicted octanol–water partition coefficient (Wildman–Crippen LogP) is 2.56. The molecule has 1 aliphatic rings. The van der Waals surface area contributed by atoms with E-state index in [1.807, 2.05) is 11.3 Å². The molecule has 0 bridgehead atoms. The lowest BCUT2D eigenvalue weighted by molar-refractivity contribution is 0.643. The Labute approximate surface area is 77.8 Å². The Kier molecular flexibility index (Phi) is 2.47. The van der Waals surface area contributed by atoms with Crippen molar-refractivity contribution in [3.8, 4) is 0 Å². The van der Waals surface area contributed by atoms with Crippen molar-refractivity contribution in [2.24, 2.45) is 5.92 Å². The van der Waals surface area contributed by atoms with E-state index in [0.717, 1.165) is 12.5 Å². The average Bonchev–Trinajstić information content (AvgIpc) is 2.76. The molecule has 0 atom stereocenters. The van der Waals surface area contributed by atoms with Crippen LogP contribution >= 0.6 is 11.3 Å². The van der Waals surface area contributed by atoms with Gasteiger partial charge in [-0.05, 0) is 44.4 Å². The van der Waals surface area contributed by atoms with Crippen LogP contribution in [-0.2, 0) is 6.54 Å². The molecule has 2 heteroatoms. The molecule has 0 aromatic carbocycles. The molecule has 1 heterocycles. The van der Waals surface area contributed by atoms with Gasteiger partial charge in [-0.1, -0.05) is 0 Å². The molecule has 0 aliphatic heterocycles. The third-order valence-corrected chi connectivity index (χ3v) is 3.23. The molecule has 0 saturated heterocycles. The van der Waals surface area contributed by atoms with E-state index in [-0.39, 0.29) is 0 Å². The summed E-state index contributed by atoms with van der Waals surface area (Å²) in [5, 5.41) is 3.49. The zero-order valence-electron chi connectivity index (χ0n) is 7.47. The molecule has 0 spiro atoms. The second-order valence-corrected chi connectivity index (χ2v) is 4.96. The number of rotatable bonds is 4. The molecule has 0 radical (unpaired) electrons. The maximum absolute atomic E-state index is 3.49. The largest absolute Gasteiger partial charge is 0.312 e. The molecular formula is C10H15NS. The smallest absolute Gasteiger partial charge is 0.0299 e. The van der Waals surface area contributed by atoms with E-state index in [2.05, 4.69) is 24.4 Å². The van der Waals surface area contributed by atoms with Gasteiger partial charge in [0.25, 0.3) is 0 Å². The monoisotopic (exact) mass is 181 g/mol. The van der Waals surface area contributed by atoms with Crippen molar-refractivity contribution in [1.82, 2.24) is 5.32 Å². The highest BCUT2D eigenvalue weighted by Gasteiger charge is 2.20. The van der Waals surface area contributed by atoms with Crippen molar-refractivity contribution in [3.63, 3.8) is 0 Å². The summed E-state index contributed by atoms with van der Waals surface area (Å²) >= 11 is 1.90. The Bertz CT molecular complexity index is 250. The summed E-state index contributed by atoms with van der Waals surface area (Å²) in [6, 6.07) is 4.42. The lowest BCUT2D eigenvalue weighted by atomic mass is 10.4. The van der Waals surface area contributed by atoms with Gasteiger partial charge in [-0.3, -0.25) is 0 Å². The van der Waals surface area contributed by atoms with E-state index in [0.29, 0.717) is 0 Å². The zero-order valence-corrected chi connectivity index (χ0v) is 8.29. The average molecular weight is 181 g/mol. The van der Waals surface area contributed by atoms with Crippen LogP contribution in [0.4, 0.5) is 0 Å². The molecule has 1 fully saturated rings. The maximum Gasteiger partial charge on any atom is 0.0299 e. The van der Waals surface area contributed by atoms with E-state index < -0.39 is 0 Å². The molecule has 12 heavy (non-hydrogen) atoms. The van der Waals surface area contributed by atoms with Crippen molar-refractivity contribution in [2.75, 3.05) is 6.54 Å². The van der Waals surface area contributed by atoms with Gasteiger partial charge in [-0.2, -0.15) is 0 Å². The van der Waals surface area contributed by atoms with Gasteiger partial charge in [-0.15, -0.1) is 11.3 Å². The summed E-state index contributed by atoms with van der Waals surface area (Å²) in [5.41, 5.74) is 0. The van der Waals surface area contributed by atoms with Gasteiger partial charge >= 0.3 is 0 Å². The molecule has 1 aromatic heterocycles. The second kappa shape index (κ2) is 3.58. The Balaban J connectivity index is 1.71. The minimum Gasteiger partial charge on any atom is -0.312 e. The topological polar surface area (TPSA) is 12.0 Å². The first-order valence-electron chi connectivity index (χ1n) is 4.60. The quantitative estimate of drug-likeness (QED) is 0.752. The minimum atomic E-state index is 0.992. The lowest BCUT2D eigenvalue weighted by Crippen LogP contribution is -2.15. The fourth-order valence-corrected chi connectivity index (χ4v) is 2.16. The SMILES string of the molecule is Cc1ccc(CNCC2CC2)s1. The van der Waals surface area contributed by atoms with Gasteiger partial charge in [0.15, 0.2) is 0 Å². The lowest BCUT2D eigenvalue weighted by Gasteiger charge is -1.99. The predicted molar refractivity (Wildman–Crippen MR) is 53.5 cm³/mol. The molecule has 1 aliphatic carbocycles. The van der Waals surface area contributed by atoms with E-state index in [9.17, 15) is 0 Å². The Morgan fingerprint density at radius 2 is 2.33 bits per heavy atom. The number of aryl methyl sites for hydroxylation is 1. The number of thiophene rings is 1. The van der Waals surface area contributed by atoms with Crippen molar-refractivity contribution in [2.45, 2.75) is 26.3 Å². The molecule has 0 unspecified atom stereocenters. The molecule has 1 N–H and O–H groups in total. The van der Waals surface area contributed by atoms with E-state index >= 15 is 0 Å². The van der Waals surface area contributed by atoms with Crippen LogP contribution in [0.2, 0.25) is 0 Å². The third-order valence-electron chi connectivity index (χ3n) is 2.23. The van der Waals surface area contributed by atoms with Crippen LogP contribution in [0, 0.1) is 12.8 Å². The van der Waals surface area contributed by atoms with Gasteiger partial charge in [0.1, 0.15) is 0 Å². The molecule has 1 nitrogen and oxygen atoms in total. The summed E-state index contributed by atoms with van der Waals surface area (Å²) in [6.07, 6.45) is 2.88. The van der Waals surface area contributed by atoms with Crippen LogP contribution in [0.5, 0.6) is 0 Å². The molecule has 0 amide bonds. The first-order chi connectivity index (χ1) is 5.84. The van der Waals surface area contributed by atoms with E-state index in [4.69, 9.17) is 0 Å². The van der Waals surface area contributed by atoms with Crippen molar-refractivity contribution < 1.29 is 0 Å². The van der Waals surface area contributed by atoms with Crippen molar-refractivity contribution in [1.29, 1.82) is 0 Å². The number of nitrogens with one attached hydrogen (secondary N) is 1. The second-order valence-electron chi connectivity index (χ2n) is 3.59. The molecule has 1 aromatic rings. The van der Waals surface area contributed by atoms with Crippen LogP contribution in [0.1, 0.15) is 22.6 Å². The summed E-state index contributed by atoms with van der Waals surface area (Å²) in [4.78, 5) is 2.88. The van der Waals surface area contributed by atoms with Gasteiger partial charge in [0, 0.05) is 16.3 Å². The van der Waals surface area contributed by atoms with Crippen molar-refractivity contribution >= 4 is 11.3 Å². The van der Waals surface area contributed by atoms with Crippen LogP contribution in [0.3, 0.4) is 0 Å².